The zero-order valence-corrected chi connectivity index (χ0v) is 13.7. The molecule has 21 heavy (non-hydrogen) atoms. The molecule has 1 aliphatic rings. The Labute approximate surface area is 131 Å². The van der Waals surface area contributed by atoms with Crippen LogP contribution in [0.4, 0.5) is 4.39 Å². The number of halogens is 2. The Morgan fingerprint density at radius 3 is 2.86 bits per heavy atom. The Bertz CT molecular complexity index is 470. The average Bonchev–Trinajstić information content (AvgIpc) is 2.46. The van der Waals surface area contributed by atoms with Gasteiger partial charge in [0.2, 0.25) is 0 Å². The van der Waals surface area contributed by atoms with Gasteiger partial charge in [0, 0.05) is 30.2 Å². The highest BCUT2D eigenvalue weighted by molar-refractivity contribution is 6.30. The van der Waals surface area contributed by atoms with E-state index in [2.05, 4.69) is 24.1 Å². The van der Waals surface area contributed by atoms with Crippen LogP contribution in [0, 0.1) is 5.82 Å². The van der Waals surface area contributed by atoms with Crippen LogP contribution in [0.2, 0.25) is 5.02 Å². The Morgan fingerprint density at radius 1 is 1.48 bits per heavy atom. The monoisotopic (exact) mass is 314 g/mol. The van der Waals surface area contributed by atoms with E-state index in [0.717, 1.165) is 19.7 Å². The summed E-state index contributed by atoms with van der Waals surface area (Å²) in [5.74, 6) is -0.251. The van der Waals surface area contributed by atoms with E-state index in [1.807, 2.05) is 7.05 Å². The van der Waals surface area contributed by atoms with Crippen LogP contribution >= 0.6 is 11.6 Å². The van der Waals surface area contributed by atoms with E-state index in [1.165, 1.54) is 6.07 Å². The van der Waals surface area contributed by atoms with Gasteiger partial charge in [-0.2, -0.15) is 0 Å². The lowest BCUT2D eigenvalue weighted by molar-refractivity contribution is -0.0542. The molecule has 5 heteroatoms. The zero-order chi connectivity index (χ0) is 15.4. The van der Waals surface area contributed by atoms with Gasteiger partial charge in [-0.05, 0) is 45.0 Å². The van der Waals surface area contributed by atoms with Crippen LogP contribution in [0.25, 0.3) is 0 Å². The molecular weight excluding hydrogens is 291 g/mol. The van der Waals surface area contributed by atoms with Gasteiger partial charge in [-0.25, -0.2) is 4.39 Å². The molecule has 0 radical (unpaired) electrons. The maximum atomic E-state index is 14.0. The van der Waals surface area contributed by atoms with Crippen LogP contribution in [0.15, 0.2) is 18.2 Å². The highest BCUT2D eigenvalue weighted by atomic mass is 35.5. The fraction of sp³-hybridized carbons (Fsp3) is 0.625. The van der Waals surface area contributed by atoms with Gasteiger partial charge in [-0.15, -0.1) is 0 Å². The van der Waals surface area contributed by atoms with E-state index in [0.29, 0.717) is 23.0 Å². The molecule has 2 atom stereocenters. The van der Waals surface area contributed by atoms with Crippen molar-refractivity contribution in [3.63, 3.8) is 0 Å². The molecular formula is C16H24ClFN2O. The normalized spacial score (nSPS) is 21.7. The first-order valence-electron chi connectivity index (χ1n) is 7.48. The minimum atomic E-state index is -0.251. The molecule has 0 aliphatic carbocycles. The fourth-order valence-electron chi connectivity index (χ4n) is 2.75. The lowest BCUT2D eigenvalue weighted by Gasteiger charge is -2.39. The number of ether oxygens (including phenoxy) is 1. The van der Waals surface area contributed by atoms with Crippen molar-refractivity contribution in [1.82, 2.24) is 10.2 Å². The Morgan fingerprint density at radius 2 is 2.24 bits per heavy atom. The minimum Gasteiger partial charge on any atom is -0.374 e. The fourth-order valence-corrected chi connectivity index (χ4v) is 2.91. The number of hydrogen-bond acceptors (Lipinski definition) is 3. The summed E-state index contributed by atoms with van der Waals surface area (Å²) < 4.78 is 19.9. The van der Waals surface area contributed by atoms with Gasteiger partial charge < -0.3 is 10.1 Å². The van der Waals surface area contributed by atoms with Crippen molar-refractivity contribution in [2.24, 2.45) is 0 Å². The highest BCUT2D eigenvalue weighted by Gasteiger charge is 2.29. The predicted molar refractivity (Wildman–Crippen MR) is 84.4 cm³/mol. The SMILES string of the molecule is CNC(Cc1ccc(Cl)cc1F)C1CN(C(C)C)CCO1. The quantitative estimate of drug-likeness (QED) is 0.904. The number of rotatable bonds is 5. The molecule has 1 N–H and O–H groups in total. The zero-order valence-electron chi connectivity index (χ0n) is 12.9. The number of morpholine rings is 1. The first-order valence-corrected chi connectivity index (χ1v) is 7.86. The molecule has 1 aromatic rings. The predicted octanol–water partition coefficient (Wildman–Crippen LogP) is 2.72. The third-order valence-electron chi connectivity index (χ3n) is 4.13. The number of nitrogens with one attached hydrogen (secondary N) is 1. The summed E-state index contributed by atoms with van der Waals surface area (Å²) in [6, 6.07) is 5.44. The van der Waals surface area contributed by atoms with Crippen molar-refractivity contribution in [2.45, 2.75) is 38.5 Å². The second kappa shape index (κ2) is 7.54. The average molecular weight is 315 g/mol. The van der Waals surface area contributed by atoms with Crippen LogP contribution < -0.4 is 5.32 Å². The molecule has 0 bridgehead atoms. The van der Waals surface area contributed by atoms with Crippen molar-refractivity contribution >= 4 is 11.6 Å². The first kappa shape index (κ1) is 16.7. The van der Waals surface area contributed by atoms with Crippen LogP contribution in [-0.2, 0) is 11.2 Å². The summed E-state index contributed by atoms with van der Waals surface area (Å²) in [7, 11) is 1.90. The van der Waals surface area contributed by atoms with Gasteiger partial charge >= 0.3 is 0 Å². The lowest BCUT2D eigenvalue weighted by atomic mass is 9.99. The molecule has 1 heterocycles. The standard InChI is InChI=1S/C16H24ClFN2O/c1-11(2)20-6-7-21-16(10-20)15(19-3)8-12-4-5-13(17)9-14(12)18/h4-5,9,11,15-16,19H,6-8,10H2,1-3H3. The summed E-state index contributed by atoms with van der Waals surface area (Å²) in [6.45, 7) is 6.94. The number of benzene rings is 1. The van der Waals surface area contributed by atoms with E-state index in [1.54, 1.807) is 12.1 Å². The molecule has 3 nitrogen and oxygen atoms in total. The van der Waals surface area contributed by atoms with Crippen LogP contribution in [-0.4, -0.2) is 49.8 Å². The Kier molecular flexibility index (Phi) is 5.99. The minimum absolute atomic E-state index is 0.0706. The maximum Gasteiger partial charge on any atom is 0.127 e. The largest absolute Gasteiger partial charge is 0.374 e. The van der Waals surface area contributed by atoms with Gasteiger partial charge in [-0.3, -0.25) is 4.90 Å². The maximum absolute atomic E-state index is 14.0. The van der Waals surface area contributed by atoms with E-state index < -0.39 is 0 Å². The molecule has 1 fully saturated rings. The summed E-state index contributed by atoms with van der Waals surface area (Å²) in [5, 5.41) is 3.70. The van der Waals surface area contributed by atoms with E-state index in [-0.39, 0.29) is 18.0 Å². The Hall–Kier alpha value is -0.680. The number of likely N-dealkylation sites (N-methyl/N-ethyl adjacent to an activating group) is 1. The van der Waals surface area contributed by atoms with Gasteiger partial charge in [-0.1, -0.05) is 17.7 Å². The van der Waals surface area contributed by atoms with Gasteiger partial charge in [0.15, 0.2) is 0 Å². The van der Waals surface area contributed by atoms with Crippen molar-refractivity contribution in [1.29, 1.82) is 0 Å². The van der Waals surface area contributed by atoms with Gasteiger partial charge in [0.1, 0.15) is 5.82 Å². The summed E-state index contributed by atoms with van der Waals surface area (Å²) in [6.07, 6.45) is 0.664. The molecule has 0 aromatic heterocycles. The topological polar surface area (TPSA) is 24.5 Å². The summed E-state index contributed by atoms with van der Waals surface area (Å²) >= 11 is 5.80. The lowest BCUT2D eigenvalue weighted by Crippen LogP contribution is -2.53. The summed E-state index contributed by atoms with van der Waals surface area (Å²) in [5.41, 5.74) is 0.670. The third-order valence-corrected chi connectivity index (χ3v) is 4.36. The molecule has 0 spiro atoms. The molecule has 2 unspecified atom stereocenters. The smallest absolute Gasteiger partial charge is 0.127 e. The second-order valence-corrected chi connectivity index (χ2v) is 6.27. The van der Waals surface area contributed by atoms with Crippen LogP contribution in [0.5, 0.6) is 0 Å². The van der Waals surface area contributed by atoms with Crippen molar-refractivity contribution in [3.05, 3.63) is 34.6 Å². The molecule has 118 valence electrons. The molecule has 0 saturated carbocycles. The Balaban J connectivity index is 2.05. The number of nitrogens with zero attached hydrogens (tertiary/aromatic N) is 1. The first-order chi connectivity index (χ1) is 10.0. The van der Waals surface area contributed by atoms with Crippen LogP contribution in [0.1, 0.15) is 19.4 Å². The van der Waals surface area contributed by atoms with Gasteiger partial charge in [0.05, 0.1) is 12.7 Å². The molecule has 1 saturated heterocycles. The van der Waals surface area contributed by atoms with Crippen LogP contribution in [0.3, 0.4) is 0 Å². The van der Waals surface area contributed by atoms with E-state index in [9.17, 15) is 4.39 Å². The van der Waals surface area contributed by atoms with Crippen molar-refractivity contribution in [3.8, 4) is 0 Å². The molecule has 1 aromatic carbocycles. The van der Waals surface area contributed by atoms with Crippen molar-refractivity contribution < 1.29 is 9.13 Å². The summed E-state index contributed by atoms with van der Waals surface area (Å²) in [4.78, 5) is 2.40. The van der Waals surface area contributed by atoms with E-state index >= 15 is 0 Å². The molecule has 1 aliphatic heterocycles. The van der Waals surface area contributed by atoms with Gasteiger partial charge in [0.25, 0.3) is 0 Å². The van der Waals surface area contributed by atoms with E-state index in [4.69, 9.17) is 16.3 Å². The highest BCUT2D eigenvalue weighted by Crippen LogP contribution is 2.19. The van der Waals surface area contributed by atoms with Crippen molar-refractivity contribution in [2.75, 3.05) is 26.7 Å². The molecule has 2 rings (SSSR count). The second-order valence-electron chi connectivity index (χ2n) is 5.83. The number of hydrogen-bond donors (Lipinski definition) is 1. The molecule has 0 amide bonds. The third kappa shape index (κ3) is 4.39.